The highest BCUT2D eigenvalue weighted by Crippen LogP contribution is 2.30. The number of halogens is 1. The standard InChI is InChI=1S/C25H24FNO/c1-25(2,21-13-10-20(18-27)11-14-21)16-6-7-19-12-15-23(26)24(17-19)28-22-8-4-3-5-9-22/h3-5,8-15,17H,6-7,16H2,1-2H3. The Morgan fingerprint density at radius 1 is 0.964 bits per heavy atom. The number of nitrogens with zero attached hydrogens (tertiary/aromatic N) is 1. The first-order chi connectivity index (χ1) is 13.5. The summed E-state index contributed by atoms with van der Waals surface area (Å²) in [5, 5.41) is 8.95. The number of hydrogen-bond donors (Lipinski definition) is 0. The molecule has 2 nitrogen and oxygen atoms in total. The molecule has 0 aliphatic heterocycles. The Balaban J connectivity index is 1.62. The third-order valence-electron chi connectivity index (χ3n) is 5.03. The number of aryl methyl sites for hydroxylation is 1. The van der Waals surface area contributed by atoms with Gasteiger partial charge in [-0.05, 0) is 72.2 Å². The normalized spacial score (nSPS) is 11.1. The predicted molar refractivity (Wildman–Crippen MR) is 110 cm³/mol. The molecule has 0 amide bonds. The van der Waals surface area contributed by atoms with Crippen molar-refractivity contribution in [2.75, 3.05) is 0 Å². The van der Waals surface area contributed by atoms with Crippen molar-refractivity contribution in [2.45, 2.75) is 38.5 Å². The number of rotatable bonds is 7. The van der Waals surface area contributed by atoms with Crippen LogP contribution >= 0.6 is 0 Å². The maximum Gasteiger partial charge on any atom is 0.165 e. The molecular weight excluding hydrogens is 349 g/mol. The predicted octanol–water partition coefficient (Wildman–Crippen LogP) is 6.79. The van der Waals surface area contributed by atoms with Crippen molar-refractivity contribution in [1.29, 1.82) is 5.26 Å². The minimum atomic E-state index is -0.356. The fourth-order valence-electron chi connectivity index (χ4n) is 3.27. The second-order valence-corrected chi connectivity index (χ2v) is 7.61. The zero-order valence-electron chi connectivity index (χ0n) is 16.3. The van der Waals surface area contributed by atoms with Crippen LogP contribution in [0.3, 0.4) is 0 Å². The van der Waals surface area contributed by atoms with Crippen LogP contribution in [0.1, 0.15) is 43.4 Å². The lowest BCUT2D eigenvalue weighted by Crippen LogP contribution is -2.17. The molecule has 0 atom stereocenters. The minimum Gasteiger partial charge on any atom is -0.454 e. The number of nitriles is 1. The average molecular weight is 373 g/mol. The molecule has 0 heterocycles. The highest BCUT2D eigenvalue weighted by atomic mass is 19.1. The molecule has 0 aliphatic carbocycles. The van der Waals surface area contributed by atoms with E-state index in [1.54, 1.807) is 6.07 Å². The quantitative estimate of drug-likeness (QED) is 0.457. The Bertz CT molecular complexity index is 956. The lowest BCUT2D eigenvalue weighted by atomic mass is 9.79. The van der Waals surface area contributed by atoms with Crippen LogP contribution in [-0.2, 0) is 11.8 Å². The molecule has 0 spiro atoms. The summed E-state index contributed by atoms with van der Waals surface area (Å²) in [4.78, 5) is 0. The molecule has 3 aromatic rings. The second-order valence-electron chi connectivity index (χ2n) is 7.61. The summed E-state index contributed by atoms with van der Waals surface area (Å²) >= 11 is 0. The van der Waals surface area contributed by atoms with Gasteiger partial charge in [0.2, 0.25) is 0 Å². The van der Waals surface area contributed by atoms with Crippen LogP contribution in [0.5, 0.6) is 11.5 Å². The molecule has 3 heteroatoms. The topological polar surface area (TPSA) is 33.0 Å². The Hall–Kier alpha value is -3.12. The molecular formula is C25H24FNO. The summed E-state index contributed by atoms with van der Waals surface area (Å²) in [6.45, 7) is 4.42. The van der Waals surface area contributed by atoms with Crippen LogP contribution in [0.2, 0.25) is 0 Å². The van der Waals surface area contributed by atoms with Crippen LogP contribution in [0.4, 0.5) is 4.39 Å². The zero-order chi connectivity index (χ0) is 20.0. The van der Waals surface area contributed by atoms with E-state index in [-0.39, 0.29) is 17.0 Å². The minimum absolute atomic E-state index is 0.0113. The van der Waals surface area contributed by atoms with Crippen LogP contribution in [-0.4, -0.2) is 0 Å². The van der Waals surface area contributed by atoms with Gasteiger partial charge in [-0.2, -0.15) is 5.26 Å². The molecule has 0 N–H and O–H groups in total. The first-order valence-corrected chi connectivity index (χ1v) is 9.50. The van der Waals surface area contributed by atoms with Gasteiger partial charge in [-0.3, -0.25) is 0 Å². The van der Waals surface area contributed by atoms with E-state index < -0.39 is 0 Å². The molecule has 0 aromatic heterocycles. The van der Waals surface area contributed by atoms with Gasteiger partial charge in [0.1, 0.15) is 5.75 Å². The number of hydrogen-bond acceptors (Lipinski definition) is 2. The van der Waals surface area contributed by atoms with E-state index in [9.17, 15) is 4.39 Å². The third-order valence-corrected chi connectivity index (χ3v) is 5.03. The van der Waals surface area contributed by atoms with Gasteiger partial charge >= 0.3 is 0 Å². The van der Waals surface area contributed by atoms with Gasteiger partial charge in [0.25, 0.3) is 0 Å². The van der Waals surface area contributed by atoms with Crippen LogP contribution < -0.4 is 4.74 Å². The lowest BCUT2D eigenvalue weighted by Gasteiger charge is -2.25. The van der Waals surface area contributed by atoms with Crippen LogP contribution in [0.25, 0.3) is 0 Å². The summed E-state index contributed by atoms with van der Waals surface area (Å²) in [6.07, 6.45) is 2.82. The van der Waals surface area contributed by atoms with Crippen molar-refractivity contribution in [3.63, 3.8) is 0 Å². The Labute approximate surface area is 166 Å². The summed E-state index contributed by atoms with van der Waals surface area (Å²) < 4.78 is 19.8. The molecule has 0 unspecified atom stereocenters. The molecule has 0 saturated heterocycles. The molecule has 3 rings (SSSR count). The largest absolute Gasteiger partial charge is 0.454 e. The highest BCUT2D eigenvalue weighted by Gasteiger charge is 2.20. The van der Waals surface area contributed by atoms with Gasteiger partial charge in [0, 0.05) is 0 Å². The molecule has 0 bridgehead atoms. The van der Waals surface area contributed by atoms with Crippen LogP contribution in [0.15, 0.2) is 72.8 Å². The van der Waals surface area contributed by atoms with Gasteiger partial charge in [0.05, 0.1) is 11.6 Å². The molecule has 28 heavy (non-hydrogen) atoms. The first-order valence-electron chi connectivity index (χ1n) is 9.50. The summed E-state index contributed by atoms with van der Waals surface area (Å²) in [5.74, 6) is 0.529. The van der Waals surface area contributed by atoms with Crippen molar-refractivity contribution in [3.05, 3.63) is 95.3 Å². The molecule has 0 aliphatic rings. The Kier molecular flexibility index (Phi) is 6.11. The van der Waals surface area contributed by atoms with E-state index in [0.717, 1.165) is 24.8 Å². The number of para-hydroxylation sites is 1. The van der Waals surface area contributed by atoms with Crippen molar-refractivity contribution >= 4 is 0 Å². The molecule has 142 valence electrons. The Morgan fingerprint density at radius 2 is 1.68 bits per heavy atom. The van der Waals surface area contributed by atoms with Gasteiger partial charge in [-0.15, -0.1) is 0 Å². The zero-order valence-corrected chi connectivity index (χ0v) is 16.3. The maximum atomic E-state index is 14.1. The van der Waals surface area contributed by atoms with E-state index in [0.29, 0.717) is 11.3 Å². The molecule has 0 fully saturated rings. The first kappa shape index (κ1) is 19.6. The smallest absolute Gasteiger partial charge is 0.165 e. The lowest BCUT2D eigenvalue weighted by molar-refractivity contribution is 0.439. The SMILES string of the molecule is CC(C)(CCCc1ccc(F)c(Oc2ccccc2)c1)c1ccc(C#N)cc1. The van der Waals surface area contributed by atoms with Gasteiger partial charge in [0.15, 0.2) is 11.6 Å². The van der Waals surface area contributed by atoms with Crippen LogP contribution in [0, 0.1) is 17.1 Å². The maximum absolute atomic E-state index is 14.1. The average Bonchev–Trinajstić information content (AvgIpc) is 2.71. The van der Waals surface area contributed by atoms with Gasteiger partial charge in [-0.1, -0.05) is 50.2 Å². The van der Waals surface area contributed by atoms with Crippen molar-refractivity contribution in [3.8, 4) is 17.6 Å². The molecule has 0 radical (unpaired) electrons. The summed E-state index contributed by atoms with van der Waals surface area (Å²) in [6, 6.07) is 24.3. The van der Waals surface area contributed by atoms with Gasteiger partial charge < -0.3 is 4.74 Å². The van der Waals surface area contributed by atoms with E-state index >= 15 is 0 Å². The number of benzene rings is 3. The van der Waals surface area contributed by atoms with Crippen molar-refractivity contribution < 1.29 is 9.13 Å². The van der Waals surface area contributed by atoms with E-state index in [1.165, 1.54) is 11.6 Å². The number of ether oxygens (including phenoxy) is 1. The molecule has 3 aromatic carbocycles. The third kappa shape index (κ3) is 4.98. The summed E-state index contributed by atoms with van der Waals surface area (Å²) in [7, 11) is 0. The fourth-order valence-corrected chi connectivity index (χ4v) is 3.27. The monoisotopic (exact) mass is 373 g/mol. The van der Waals surface area contributed by atoms with Crippen molar-refractivity contribution in [2.24, 2.45) is 0 Å². The summed E-state index contributed by atoms with van der Waals surface area (Å²) in [5.41, 5.74) is 2.97. The van der Waals surface area contributed by atoms with Crippen molar-refractivity contribution in [1.82, 2.24) is 0 Å². The Morgan fingerprint density at radius 3 is 2.36 bits per heavy atom. The fraction of sp³-hybridized carbons (Fsp3) is 0.240. The van der Waals surface area contributed by atoms with E-state index in [2.05, 4.69) is 19.9 Å². The highest BCUT2D eigenvalue weighted by molar-refractivity contribution is 5.36. The van der Waals surface area contributed by atoms with E-state index in [1.807, 2.05) is 60.7 Å². The second kappa shape index (κ2) is 8.71. The van der Waals surface area contributed by atoms with Gasteiger partial charge in [-0.25, -0.2) is 4.39 Å². The molecule has 0 saturated carbocycles. The van der Waals surface area contributed by atoms with E-state index in [4.69, 9.17) is 10.00 Å².